The highest BCUT2D eigenvalue weighted by Crippen LogP contribution is 2.27. The lowest BCUT2D eigenvalue weighted by Crippen LogP contribution is -2.54. The predicted molar refractivity (Wildman–Crippen MR) is 97.5 cm³/mol. The molecule has 0 amide bonds. The Labute approximate surface area is 145 Å². The van der Waals surface area contributed by atoms with Gasteiger partial charge in [-0.3, -0.25) is 9.80 Å². The van der Waals surface area contributed by atoms with E-state index in [4.69, 9.17) is 0 Å². The molecular weight excluding hydrogens is 296 g/mol. The maximum Gasteiger partial charge on any atom is 0.136 e. The molecule has 0 aliphatic carbocycles. The quantitative estimate of drug-likeness (QED) is 0.867. The summed E-state index contributed by atoms with van der Waals surface area (Å²) in [6, 6.07) is 9.88. The molecule has 4 heterocycles. The van der Waals surface area contributed by atoms with Crippen LogP contribution in [0.3, 0.4) is 0 Å². The van der Waals surface area contributed by atoms with Crippen LogP contribution in [0.2, 0.25) is 0 Å². The van der Waals surface area contributed by atoms with Gasteiger partial charge in [0.05, 0.1) is 0 Å². The summed E-state index contributed by atoms with van der Waals surface area (Å²) in [5.74, 6) is 1.02. The van der Waals surface area contributed by atoms with Gasteiger partial charge >= 0.3 is 0 Å². The van der Waals surface area contributed by atoms with Crippen LogP contribution >= 0.6 is 0 Å². The van der Waals surface area contributed by atoms with Crippen LogP contribution in [0.1, 0.15) is 36.7 Å². The topological polar surface area (TPSA) is 24.3 Å². The molecule has 2 aliphatic rings. The van der Waals surface area contributed by atoms with Gasteiger partial charge in [0, 0.05) is 49.3 Å². The van der Waals surface area contributed by atoms with Gasteiger partial charge in [-0.15, -0.1) is 0 Å². The van der Waals surface area contributed by atoms with Crippen molar-refractivity contribution in [1.82, 2.24) is 19.4 Å². The molecule has 4 rings (SSSR count). The third-order valence-corrected chi connectivity index (χ3v) is 5.85. The molecule has 128 valence electrons. The average molecular weight is 324 g/mol. The molecule has 2 saturated heterocycles. The molecule has 2 atom stereocenters. The molecule has 24 heavy (non-hydrogen) atoms. The van der Waals surface area contributed by atoms with Gasteiger partial charge in [0.2, 0.25) is 0 Å². The van der Waals surface area contributed by atoms with Gasteiger partial charge in [-0.05, 0) is 63.9 Å². The first-order valence-corrected chi connectivity index (χ1v) is 9.21. The highest BCUT2D eigenvalue weighted by molar-refractivity contribution is 5.36. The average Bonchev–Trinajstić information content (AvgIpc) is 3.13. The van der Waals surface area contributed by atoms with Gasteiger partial charge < -0.3 is 4.57 Å². The van der Waals surface area contributed by atoms with Gasteiger partial charge in [0.25, 0.3) is 0 Å². The minimum Gasteiger partial charge on any atom is -0.303 e. The highest BCUT2D eigenvalue weighted by atomic mass is 15.3. The Hall–Kier alpha value is -1.65. The number of rotatable bonds is 3. The molecule has 0 spiro atoms. The van der Waals surface area contributed by atoms with Crippen molar-refractivity contribution in [3.8, 4) is 5.82 Å². The monoisotopic (exact) mass is 324 g/mol. The third kappa shape index (κ3) is 2.78. The van der Waals surface area contributed by atoms with Gasteiger partial charge in [0.1, 0.15) is 5.82 Å². The van der Waals surface area contributed by atoms with Crippen LogP contribution in [0.4, 0.5) is 0 Å². The Bertz CT molecular complexity index is 706. The fourth-order valence-electron chi connectivity index (χ4n) is 4.51. The molecule has 2 fully saturated rings. The van der Waals surface area contributed by atoms with E-state index in [2.05, 4.69) is 58.3 Å². The zero-order valence-electron chi connectivity index (χ0n) is 15.1. The number of hydrogen-bond donors (Lipinski definition) is 0. The maximum absolute atomic E-state index is 4.53. The molecule has 2 aliphatic heterocycles. The largest absolute Gasteiger partial charge is 0.303 e. The minimum absolute atomic E-state index is 0.636. The normalized spacial score (nSPS) is 25.1. The molecule has 2 aromatic heterocycles. The molecule has 4 nitrogen and oxygen atoms in total. The zero-order chi connectivity index (χ0) is 16.7. The summed E-state index contributed by atoms with van der Waals surface area (Å²) in [4.78, 5) is 9.90. The fourth-order valence-corrected chi connectivity index (χ4v) is 4.51. The molecule has 0 aromatic carbocycles. The van der Waals surface area contributed by atoms with E-state index in [-0.39, 0.29) is 0 Å². The van der Waals surface area contributed by atoms with Crippen molar-refractivity contribution in [2.45, 2.75) is 52.2 Å². The number of piperazine rings is 1. The van der Waals surface area contributed by atoms with E-state index >= 15 is 0 Å². The predicted octanol–water partition coefficient (Wildman–Crippen LogP) is 3.16. The number of fused-ring (bicyclic) bond motifs is 1. The van der Waals surface area contributed by atoms with Crippen molar-refractivity contribution in [3.05, 3.63) is 47.4 Å². The van der Waals surface area contributed by atoms with Gasteiger partial charge in [0.15, 0.2) is 0 Å². The van der Waals surface area contributed by atoms with Crippen molar-refractivity contribution in [1.29, 1.82) is 0 Å². The van der Waals surface area contributed by atoms with Crippen molar-refractivity contribution < 1.29 is 0 Å². The minimum atomic E-state index is 0.636. The summed E-state index contributed by atoms with van der Waals surface area (Å²) < 4.78 is 2.28. The smallest absolute Gasteiger partial charge is 0.136 e. The van der Waals surface area contributed by atoms with Crippen LogP contribution in [0.5, 0.6) is 0 Å². The molecule has 0 unspecified atom stereocenters. The molecule has 0 saturated carbocycles. The zero-order valence-corrected chi connectivity index (χ0v) is 15.1. The first-order chi connectivity index (χ1) is 11.6. The second-order valence-electron chi connectivity index (χ2n) is 7.49. The van der Waals surface area contributed by atoms with E-state index in [1.54, 1.807) is 0 Å². The summed E-state index contributed by atoms with van der Waals surface area (Å²) in [5.41, 5.74) is 4.04. The number of hydrogen-bond acceptors (Lipinski definition) is 3. The van der Waals surface area contributed by atoms with Crippen molar-refractivity contribution in [2.75, 3.05) is 19.6 Å². The van der Waals surface area contributed by atoms with Gasteiger partial charge in [-0.2, -0.15) is 0 Å². The third-order valence-electron chi connectivity index (χ3n) is 5.85. The van der Waals surface area contributed by atoms with Gasteiger partial charge in [-0.25, -0.2) is 4.98 Å². The number of nitrogens with zero attached hydrogens (tertiary/aromatic N) is 4. The van der Waals surface area contributed by atoms with Crippen LogP contribution in [0, 0.1) is 13.8 Å². The van der Waals surface area contributed by atoms with E-state index in [0.29, 0.717) is 6.04 Å². The highest BCUT2D eigenvalue weighted by Gasteiger charge is 2.34. The van der Waals surface area contributed by atoms with Crippen molar-refractivity contribution in [2.24, 2.45) is 0 Å². The molecule has 0 radical (unpaired) electrons. The van der Waals surface area contributed by atoms with Gasteiger partial charge in [-0.1, -0.05) is 6.07 Å². The molecule has 2 aromatic rings. The summed E-state index contributed by atoms with van der Waals surface area (Å²) in [6.45, 7) is 11.6. The summed E-state index contributed by atoms with van der Waals surface area (Å²) >= 11 is 0. The SMILES string of the molecule is Cc1cc(CN2C[C@@H]3CCCN3C[C@@H]2C)c(C)n1-c1ccccn1. The van der Waals surface area contributed by atoms with Crippen LogP contribution in [0.15, 0.2) is 30.5 Å². The first kappa shape index (κ1) is 15.9. The maximum atomic E-state index is 4.53. The standard InChI is InChI=1S/C20H28N4/c1-15-11-18(17(3)24(15)20-8-4-5-9-21-20)13-23-14-19-7-6-10-22(19)12-16(23)2/h4-5,8-9,11,16,19H,6-7,10,12-14H2,1-3H3/t16-,19-/m0/s1. The Kier molecular flexibility index (Phi) is 4.19. The lowest BCUT2D eigenvalue weighted by atomic mass is 10.1. The molecule has 4 heteroatoms. The van der Waals surface area contributed by atoms with Crippen LogP contribution in [-0.2, 0) is 6.54 Å². The van der Waals surface area contributed by atoms with E-state index < -0.39 is 0 Å². The first-order valence-electron chi connectivity index (χ1n) is 9.21. The number of aromatic nitrogens is 2. The molecular formula is C20H28N4. The van der Waals surface area contributed by atoms with E-state index in [9.17, 15) is 0 Å². The van der Waals surface area contributed by atoms with Crippen molar-refractivity contribution in [3.63, 3.8) is 0 Å². The molecule has 0 N–H and O–H groups in total. The van der Waals surface area contributed by atoms with Crippen LogP contribution in [-0.4, -0.2) is 51.1 Å². The summed E-state index contributed by atoms with van der Waals surface area (Å²) in [6.07, 6.45) is 4.62. The van der Waals surface area contributed by atoms with E-state index in [1.807, 2.05) is 12.3 Å². The summed E-state index contributed by atoms with van der Waals surface area (Å²) in [7, 11) is 0. The second kappa shape index (κ2) is 6.34. The Morgan fingerprint density at radius 3 is 2.88 bits per heavy atom. The summed E-state index contributed by atoms with van der Waals surface area (Å²) in [5, 5.41) is 0. The number of pyridine rings is 1. The van der Waals surface area contributed by atoms with Crippen LogP contribution < -0.4 is 0 Å². The number of aryl methyl sites for hydroxylation is 1. The lowest BCUT2D eigenvalue weighted by Gasteiger charge is -2.42. The molecule has 0 bridgehead atoms. The second-order valence-corrected chi connectivity index (χ2v) is 7.49. The van der Waals surface area contributed by atoms with Crippen molar-refractivity contribution >= 4 is 0 Å². The Morgan fingerprint density at radius 2 is 2.08 bits per heavy atom. The van der Waals surface area contributed by atoms with E-state index in [0.717, 1.165) is 18.4 Å². The Balaban J connectivity index is 1.57. The fraction of sp³-hybridized carbons (Fsp3) is 0.550. The van der Waals surface area contributed by atoms with E-state index in [1.165, 1.54) is 49.4 Å². The lowest BCUT2D eigenvalue weighted by molar-refractivity contribution is 0.0539. The Morgan fingerprint density at radius 1 is 1.21 bits per heavy atom. The van der Waals surface area contributed by atoms with Crippen LogP contribution in [0.25, 0.3) is 5.82 Å².